The molecule has 132 valence electrons. The van der Waals surface area contributed by atoms with E-state index in [0.29, 0.717) is 6.04 Å². The Morgan fingerprint density at radius 3 is 2.61 bits per heavy atom. The second-order valence-electron chi connectivity index (χ2n) is 5.62. The van der Waals surface area contributed by atoms with E-state index in [1.54, 1.807) is 11.3 Å². The van der Waals surface area contributed by atoms with E-state index in [-0.39, 0.29) is 0 Å². The van der Waals surface area contributed by atoms with Gasteiger partial charge >= 0.3 is 0 Å². The highest BCUT2D eigenvalue weighted by molar-refractivity contribution is 9.11. The molecule has 1 aromatic rings. The molecular weight excluding hydrogens is 372 g/mol. The van der Waals surface area contributed by atoms with Crippen LogP contribution in [0, 0.1) is 0 Å². The second-order valence-corrected chi connectivity index (χ2v) is 8.16. The van der Waals surface area contributed by atoms with Crippen LogP contribution in [0.25, 0.3) is 0 Å². The van der Waals surface area contributed by atoms with Gasteiger partial charge in [-0.25, -0.2) is 4.99 Å². The Kier molecular flexibility index (Phi) is 10.6. The minimum Gasteiger partial charge on any atom is -0.357 e. The van der Waals surface area contributed by atoms with Crippen LogP contribution in [-0.2, 0) is 6.54 Å². The Morgan fingerprint density at radius 1 is 1.30 bits per heavy atom. The Bertz CT molecular complexity index is 457. The third kappa shape index (κ3) is 8.72. The number of hydrogen-bond acceptors (Lipinski definition) is 3. The molecule has 0 saturated heterocycles. The van der Waals surface area contributed by atoms with Gasteiger partial charge in [-0.15, -0.1) is 11.3 Å². The summed E-state index contributed by atoms with van der Waals surface area (Å²) in [6.07, 6.45) is 2.37. The van der Waals surface area contributed by atoms with Crippen molar-refractivity contribution in [2.45, 2.75) is 53.1 Å². The molecule has 0 aliphatic carbocycles. The molecule has 0 aromatic carbocycles. The summed E-state index contributed by atoms with van der Waals surface area (Å²) in [5.74, 6) is 0.910. The normalized spacial score (nSPS) is 13.4. The predicted molar refractivity (Wildman–Crippen MR) is 106 cm³/mol. The second kappa shape index (κ2) is 11.9. The molecule has 0 aliphatic rings. The summed E-state index contributed by atoms with van der Waals surface area (Å²) in [6.45, 7) is 13.8. The zero-order valence-electron chi connectivity index (χ0n) is 14.9. The Hall–Kier alpha value is -0.590. The van der Waals surface area contributed by atoms with Crippen molar-refractivity contribution in [2.24, 2.45) is 4.99 Å². The summed E-state index contributed by atoms with van der Waals surface area (Å²) in [4.78, 5) is 8.43. The van der Waals surface area contributed by atoms with Gasteiger partial charge in [0.25, 0.3) is 0 Å². The van der Waals surface area contributed by atoms with Crippen LogP contribution in [0.1, 0.15) is 45.4 Å². The van der Waals surface area contributed by atoms with Gasteiger partial charge in [0.2, 0.25) is 0 Å². The molecule has 6 heteroatoms. The fraction of sp³-hybridized carbons (Fsp3) is 0.706. The quantitative estimate of drug-likeness (QED) is 0.457. The lowest BCUT2D eigenvalue weighted by Crippen LogP contribution is -2.42. The Labute approximate surface area is 153 Å². The summed E-state index contributed by atoms with van der Waals surface area (Å²) in [6, 6.07) is 4.62. The van der Waals surface area contributed by atoms with Gasteiger partial charge in [-0.2, -0.15) is 0 Å². The maximum absolute atomic E-state index is 4.69. The largest absolute Gasteiger partial charge is 0.357 e. The molecule has 0 radical (unpaired) electrons. The predicted octanol–water partition coefficient (Wildman–Crippen LogP) is 4.08. The van der Waals surface area contributed by atoms with Crippen LogP contribution in [-0.4, -0.2) is 43.1 Å². The van der Waals surface area contributed by atoms with E-state index in [1.807, 2.05) is 0 Å². The van der Waals surface area contributed by atoms with Gasteiger partial charge in [0, 0.05) is 17.5 Å². The minimum atomic E-state index is 0.429. The number of thiophene rings is 1. The van der Waals surface area contributed by atoms with Gasteiger partial charge in [-0.05, 0) is 74.4 Å². The fourth-order valence-corrected chi connectivity index (χ4v) is 3.79. The van der Waals surface area contributed by atoms with E-state index < -0.39 is 0 Å². The number of guanidine groups is 1. The summed E-state index contributed by atoms with van der Waals surface area (Å²) >= 11 is 5.23. The number of halogens is 1. The molecule has 4 nitrogen and oxygen atoms in total. The lowest BCUT2D eigenvalue weighted by Gasteiger charge is -2.21. The average Bonchev–Trinajstić information content (AvgIpc) is 2.95. The molecule has 0 fully saturated rings. The smallest absolute Gasteiger partial charge is 0.191 e. The van der Waals surface area contributed by atoms with Gasteiger partial charge in [-0.3, -0.25) is 0 Å². The topological polar surface area (TPSA) is 39.7 Å². The van der Waals surface area contributed by atoms with Crippen molar-refractivity contribution in [1.82, 2.24) is 15.5 Å². The van der Waals surface area contributed by atoms with Gasteiger partial charge in [-0.1, -0.05) is 13.8 Å². The van der Waals surface area contributed by atoms with Gasteiger partial charge in [0.05, 0.1) is 10.3 Å². The SMILES string of the molecule is CCNC(=NCc1ccc(Br)s1)NC(C)CCCN(CC)CC. The van der Waals surface area contributed by atoms with Gasteiger partial charge in [0.15, 0.2) is 5.96 Å². The van der Waals surface area contributed by atoms with E-state index in [0.717, 1.165) is 42.3 Å². The molecule has 1 heterocycles. The van der Waals surface area contributed by atoms with Crippen molar-refractivity contribution in [3.05, 3.63) is 20.8 Å². The molecule has 0 spiro atoms. The van der Waals surface area contributed by atoms with E-state index in [4.69, 9.17) is 0 Å². The molecule has 23 heavy (non-hydrogen) atoms. The number of nitrogens with zero attached hydrogens (tertiary/aromatic N) is 2. The van der Waals surface area contributed by atoms with E-state index in [1.165, 1.54) is 17.8 Å². The van der Waals surface area contributed by atoms with Crippen molar-refractivity contribution in [1.29, 1.82) is 0 Å². The minimum absolute atomic E-state index is 0.429. The van der Waals surface area contributed by atoms with Crippen LogP contribution in [0.15, 0.2) is 20.9 Å². The number of aliphatic imine (C=N–C) groups is 1. The van der Waals surface area contributed by atoms with Crippen LogP contribution in [0.2, 0.25) is 0 Å². The first kappa shape index (κ1) is 20.5. The first-order valence-electron chi connectivity index (χ1n) is 8.60. The molecule has 1 atom stereocenters. The lowest BCUT2D eigenvalue weighted by atomic mass is 10.2. The standard InChI is InChI=1S/C17H31BrN4S/c1-5-19-17(20-13-15-10-11-16(18)23-15)21-14(4)9-8-12-22(6-2)7-3/h10-11,14H,5-9,12-13H2,1-4H3,(H2,19,20,21). The highest BCUT2D eigenvalue weighted by Crippen LogP contribution is 2.22. The molecule has 1 unspecified atom stereocenters. The summed E-state index contributed by atoms with van der Waals surface area (Å²) in [5, 5.41) is 6.85. The van der Waals surface area contributed by atoms with Crippen LogP contribution in [0.4, 0.5) is 0 Å². The molecule has 2 N–H and O–H groups in total. The molecule has 0 amide bonds. The average molecular weight is 403 g/mol. The van der Waals surface area contributed by atoms with Crippen molar-refractivity contribution in [2.75, 3.05) is 26.2 Å². The lowest BCUT2D eigenvalue weighted by molar-refractivity contribution is 0.292. The molecular formula is C17H31BrN4S. The monoisotopic (exact) mass is 402 g/mol. The van der Waals surface area contributed by atoms with E-state index in [2.05, 4.69) is 76.3 Å². The Morgan fingerprint density at radius 2 is 2.04 bits per heavy atom. The van der Waals surface area contributed by atoms with Crippen LogP contribution >= 0.6 is 27.3 Å². The van der Waals surface area contributed by atoms with E-state index >= 15 is 0 Å². The number of hydrogen-bond donors (Lipinski definition) is 2. The van der Waals surface area contributed by atoms with Crippen molar-refractivity contribution >= 4 is 33.2 Å². The maximum Gasteiger partial charge on any atom is 0.191 e. The van der Waals surface area contributed by atoms with Crippen LogP contribution in [0.5, 0.6) is 0 Å². The molecule has 1 aromatic heterocycles. The van der Waals surface area contributed by atoms with Crippen LogP contribution in [0.3, 0.4) is 0 Å². The summed E-state index contributed by atoms with van der Waals surface area (Å²) in [7, 11) is 0. The van der Waals surface area contributed by atoms with E-state index in [9.17, 15) is 0 Å². The highest BCUT2D eigenvalue weighted by Gasteiger charge is 2.07. The number of nitrogens with one attached hydrogen (secondary N) is 2. The fourth-order valence-electron chi connectivity index (χ4n) is 2.38. The van der Waals surface area contributed by atoms with Crippen molar-refractivity contribution in [3.63, 3.8) is 0 Å². The molecule has 1 rings (SSSR count). The van der Waals surface area contributed by atoms with Crippen molar-refractivity contribution < 1.29 is 0 Å². The van der Waals surface area contributed by atoms with Gasteiger partial charge in [0.1, 0.15) is 0 Å². The third-order valence-corrected chi connectivity index (χ3v) is 5.36. The molecule has 0 saturated carbocycles. The van der Waals surface area contributed by atoms with Crippen molar-refractivity contribution in [3.8, 4) is 0 Å². The van der Waals surface area contributed by atoms with Gasteiger partial charge < -0.3 is 15.5 Å². The number of rotatable bonds is 10. The summed E-state index contributed by atoms with van der Waals surface area (Å²) in [5.41, 5.74) is 0. The summed E-state index contributed by atoms with van der Waals surface area (Å²) < 4.78 is 1.16. The van der Waals surface area contributed by atoms with Crippen LogP contribution < -0.4 is 10.6 Å². The first-order chi connectivity index (χ1) is 11.1. The first-order valence-corrected chi connectivity index (χ1v) is 10.2. The zero-order chi connectivity index (χ0) is 17.1. The Balaban J connectivity index is 2.41. The maximum atomic E-state index is 4.69. The molecule has 0 aliphatic heterocycles. The third-order valence-electron chi connectivity index (χ3n) is 3.76. The highest BCUT2D eigenvalue weighted by atomic mass is 79.9. The molecule has 0 bridgehead atoms. The zero-order valence-corrected chi connectivity index (χ0v) is 17.3.